The van der Waals surface area contributed by atoms with Crippen molar-refractivity contribution in [3.8, 4) is 5.75 Å². The molecule has 0 aromatic heterocycles. The minimum Gasteiger partial charge on any atom is -0.460 e. The second-order valence-corrected chi connectivity index (χ2v) is 5.64. The van der Waals surface area contributed by atoms with Gasteiger partial charge in [-0.2, -0.15) is 0 Å². The molecule has 0 unspecified atom stereocenters. The topological polar surface area (TPSA) is 35.5 Å². The molecule has 0 saturated carbocycles. The van der Waals surface area contributed by atoms with Gasteiger partial charge in [0.05, 0.1) is 16.7 Å². The Kier molecular flexibility index (Phi) is 6.08. The number of hydrogen-bond acceptors (Lipinski definition) is 3. The molecule has 2 aromatic rings. The molecule has 0 amide bonds. The van der Waals surface area contributed by atoms with Crippen molar-refractivity contribution in [3.05, 3.63) is 69.4 Å². The maximum Gasteiger partial charge on any atom is 0.374 e. The van der Waals surface area contributed by atoms with Gasteiger partial charge in [0, 0.05) is 0 Å². The molecule has 0 atom stereocenters. The summed E-state index contributed by atoms with van der Waals surface area (Å²) in [5.41, 5.74) is 1.72. The van der Waals surface area contributed by atoms with Gasteiger partial charge in [0.2, 0.25) is 5.76 Å². The van der Waals surface area contributed by atoms with Crippen molar-refractivity contribution in [1.82, 2.24) is 0 Å². The SMILES string of the molecule is CCOC(=O)/C(=C/c1ccc(Cl)c(Cl)c1)Oc1cccc(C)c1. The predicted octanol–water partition coefficient (Wildman–Crippen LogP) is 5.28. The van der Waals surface area contributed by atoms with Crippen molar-refractivity contribution < 1.29 is 14.3 Å². The largest absolute Gasteiger partial charge is 0.460 e. The second-order valence-electron chi connectivity index (χ2n) is 4.82. The summed E-state index contributed by atoms with van der Waals surface area (Å²) in [6, 6.07) is 12.5. The molecular weight excluding hydrogens is 335 g/mol. The van der Waals surface area contributed by atoms with Crippen molar-refractivity contribution in [1.29, 1.82) is 0 Å². The molecule has 3 nitrogen and oxygen atoms in total. The summed E-state index contributed by atoms with van der Waals surface area (Å²) in [6.45, 7) is 3.94. The van der Waals surface area contributed by atoms with Gasteiger partial charge in [0.1, 0.15) is 5.75 Å². The average Bonchev–Trinajstić information content (AvgIpc) is 2.50. The third-order valence-corrected chi connectivity index (χ3v) is 3.67. The highest BCUT2D eigenvalue weighted by molar-refractivity contribution is 6.42. The minimum atomic E-state index is -0.542. The van der Waals surface area contributed by atoms with E-state index < -0.39 is 5.97 Å². The molecule has 2 rings (SSSR count). The normalized spacial score (nSPS) is 11.2. The van der Waals surface area contributed by atoms with Gasteiger partial charge in [-0.3, -0.25) is 0 Å². The number of carbonyl (C=O) groups excluding carboxylic acids is 1. The number of benzene rings is 2. The number of halogens is 2. The fraction of sp³-hybridized carbons (Fsp3) is 0.167. The molecule has 0 aliphatic heterocycles. The van der Waals surface area contributed by atoms with Crippen molar-refractivity contribution >= 4 is 35.2 Å². The Hall–Kier alpha value is -1.97. The highest BCUT2D eigenvalue weighted by Gasteiger charge is 2.14. The summed E-state index contributed by atoms with van der Waals surface area (Å²) < 4.78 is 10.7. The van der Waals surface area contributed by atoms with E-state index in [-0.39, 0.29) is 12.4 Å². The Morgan fingerprint density at radius 3 is 2.57 bits per heavy atom. The fourth-order valence-electron chi connectivity index (χ4n) is 1.89. The van der Waals surface area contributed by atoms with Crippen molar-refractivity contribution in [2.45, 2.75) is 13.8 Å². The monoisotopic (exact) mass is 350 g/mol. The maximum absolute atomic E-state index is 12.1. The molecule has 23 heavy (non-hydrogen) atoms. The predicted molar refractivity (Wildman–Crippen MR) is 92.9 cm³/mol. The Morgan fingerprint density at radius 1 is 1.13 bits per heavy atom. The standard InChI is InChI=1S/C18H16Cl2O3/c1-3-22-18(21)17(23-14-6-4-5-12(2)9-14)11-13-7-8-15(19)16(20)10-13/h4-11H,3H2,1-2H3/b17-11-. The summed E-state index contributed by atoms with van der Waals surface area (Å²) >= 11 is 11.9. The second kappa shape index (κ2) is 8.04. The van der Waals surface area contributed by atoms with E-state index in [1.165, 1.54) is 0 Å². The van der Waals surface area contributed by atoms with E-state index in [1.54, 1.807) is 37.3 Å². The molecule has 0 heterocycles. The molecular formula is C18H16Cl2O3. The first-order chi connectivity index (χ1) is 11.0. The third-order valence-electron chi connectivity index (χ3n) is 2.94. The maximum atomic E-state index is 12.1. The number of aryl methyl sites for hydroxylation is 1. The number of carbonyl (C=O) groups is 1. The van der Waals surface area contributed by atoms with Crippen LogP contribution in [0.5, 0.6) is 5.75 Å². The van der Waals surface area contributed by atoms with Gasteiger partial charge in [0.25, 0.3) is 0 Å². The van der Waals surface area contributed by atoms with Crippen LogP contribution in [0.4, 0.5) is 0 Å². The van der Waals surface area contributed by atoms with Crippen molar-refractivity contribution in [3.63, 3.8) is 0 Å². The van der Waals surface area contributed by atoms with E-state index in [0.29, 0.717) is 21.4 Å². The zero-order chi connectivity index (χ0) is 16.8. The molecule has 0 saturated heterocycles. The van der Waals surface area contributed by atoms with Crippen LogP contribution in [0.3, 0.4) is 0 Å². The Labute approximate surface area is 145 Å². The minimum absolute atomic E-state index is 0.0795. The van der Waals surface area contributed by atoms with Crippen LogP contribution in [0, 0.1) is 6.92 Å². The number of ether oxygens (including phenoxy) is 2. The molecule has 0 aliphatic rings. The van der Waals surface area contributed by atoms with E-state index in [9.17, 15) is 4.79 Å². The number of hydrogen-bond donors (Lipinski definition) is 0. The van der Waals surface area contributed by atoms with Crippen LogP contribution in [0.1, 0.15) is 18.1 Å². The zero-order valence-electron chi connectivity index (χ0n) is 12.8. The van der Waals surface area contributed by atoms with Crippen molar-refractivity contribution in [2.75, 3.05) is 6.61 Å². The lowest BCUT2D eigenvalue weighted by Gasteiger charge is -2.10. The first-order valence-electron chi connectivity index (χ1n) is 7.08. The molecule has 0 bridgehead atoms. The molecule has 5 heteroatoms. The summed E-state index contributed by atoms with van der Waals surface area (Å²) in [5.74, 6) is 0.0975. The summed E-state index contributed by atoms with van der Waals surface area (Å²) in [6.07, 6.45) is 1.57. The van der Waals surface area contributed by atoms with Crippen LogP contribution < -0.4 is 4.74 Å². The summed E-state index contributed by atoms with van der Waals surface area (Å²) in [7, 11) is 0. The highest BCUT2D eigenvalue weighted by atomic mass is 35.5. The van der Waals surface area contributed by atoms with E-state index in [2.05, 4.69) is 0 Å². The first kappa shape index (κ1) is 17.4. The summed E-state index contributed by atoms with van der Waals surface area (Å²) in [4.78, 5) is 12.1. The van der Waals surface area contributed by atoms with E-state index in [4.69, 9.17) is 32.7 Å². The molecule has 0 fully saturated rings. The van der Waals surface area contributed by atoms with Gasteiger partial charge in [0.15, 0.2) is 0 Å². The van der Waals surface area contributed by atoms with E-state index in [0.717, 1.165) is 5.56 Å². The first-order valence-corrected chi connectivity index (χ1v) is 7.83. The molecule has 2 aromatic carbocycles. The lowest BCUT2D eigenvalue weighted by molar-refractivity contribution is -0.140. The van der Waals surface area contributed by atoms with Crippen LogP contribution in [-0.4, -0.2) is 12.6 Å². The van der Waals surface area contributed by atoms with Crippen LogP contribution in [-0.2, 0) is 9.53 Å². The van der Waals surface area contributed by atoms with Gasteiger partial charge in [-0.15, -0.1) is 0 Å². The third kappa shape index (κ3) is 5.02. The van der Waals surface area contributed by atoms with Crippen LogP contribution in [0.15, 0.2) is 48.2 Å². The molecule has 120 valence electrons. The quantitative estimate of drug-likeness (QED) is 0.417. The highest BCUT2D eigenvalue weighted by Crippen LogP contribution is 2.25. The Morgan fingerprint density at radius 2 is 1.91 bits per heavy atom. The molecule has 0 aliphatic carbocycles. The zero-order valence-corrected chi connectivity index (χ0v) is 14.3. The van der Waals surface area contributed by atoms with Gasteiger partial charge < -0.3 is 9.47 Å². The Balaban J connectivity index is 2.34. The van der Waals surface area contributed by atoms with Crippen molar-refractivity contribution in [2.24, 2.45) is 0 Å². The van der Waals surface area contributed by atoms with Gasteiger partial charge in [-0.25, -0.2) is 4.79 Å². The van der Waals surface area contributed by atoms with Crippen LogP contribution >= 0.6 is 23.2 Å². The molecule has 0 radical (unpaired) electrons. The smallest absolute Gasteiger partial charge is 0.374 e. The van der Waals surface area contributed by atoms with Gasteiger partial charge in [-0.05, 0) is 55.3 Å². The fourth-order valence-corrected chi connectivity index (χ4v) is 2.20. The van der Waals surface area contributed by atoms with Crippen LogP contribution in [0.25, 0.3) is 6.08 Å². The number of rotatable bonds is 5. The number of esters is 1. The lowest BCUT2D eigenvalue weighted by Crippen LogP contribution is -2.12. The molecule has 0 N–H and O–H groups in total. The van der Waals surface area contributed by atoms with E-state index in [1.807, 2.05) is 25.1 Å². The Bertz CT molecular complexity index is 739. The summed E-state index contributed by atoms with van der Waals surface area (Å²) in [5, 5.41) is 0.847. The average molecular weight is 351 g/mol. The van der Waals surface area contributed by atoms with E-state index >= 15 is 0 Å². The lowest BCUT2D eigenvalue weighted by atomic mass is 10.2. The molecule has 0 spiro atoms. The van der Waals surface area contributed by atoms with Gasteiger partial charge >= 0.3 is 5.97 Å². The van der Waals surface area contributed by atoms with Gasteiger partial charge in [-0.1, -0.05) is 41.4 Å². The van der Waals surface area contributed by atoms with Crippen LogP contribution in [0.2, 0.25) is 10.0 Å².